The van der Waals surface area contributed by atoms with Crippen molar-refractivity contribution in [3.63, 3.8) is 0 Å². The van der Waals surface area contributed by atoms with Crippen molar-refractivity contribution in [2.24, 2.45) is 0 Å². The molecule has 0 aliphatic carbocycles. The molecule has 0 amide bonds. The van der Waals surface area contributed by atoms with Gasteiger partial charge in [0.15, 0.2) is 0 Å². The fraction of sp³-hybridized carbons (Fsp3) is 0.286. The predicted octanol–water partition coefficient (Wildman–Crippen LogP) is 2.36. The van der Waals surface area contributed by atoms with Gasteiger partial charge in [-0.05, 0) is 37.0 Å². The maximum atomic E-state index is 5.80. The fourth-order valence-electron chi connectivity index (χ4n) is 2.30. The van der Waals surface area contributed by atoms with E-state index >= 15 is 0 Å². The number of ether oxygens (including phenoxy) is 1. The van der Waals surface area contributed by atoms with Crippen LogP contribution in [0, 0.1) is 6.92 Å². The minimum absolute atomic E-state index is 0.295. The summed E-state index contributed by atoms with van der Waals surface area (Å²) < 4.78 is 5.80. The highest BCUT2D eigenvalue weighted by atomic mass is 16.5. The summed E-state index contributed by atoms with van der Waals surface area (Å²) in [7, 11) is 0. The summed E-state index contributed by atoms with van der Waals surface area (Å²) in [5, 5.41) is 0. The van der Waals surface area contributed by atoms with Crippen LogP contribution in [-0.4, -0.2) is 16.6 Å². The van der Waals surface area contributed by atoms with E-state index in [0.717, 1.165) is 42.0 Å². The topological polar surface area (TPSA) is 61.0 Å². The molecule has 1 aliphatic rings. The highest BCUT2D eigenvalue weighted by Crippen LogP contribution is 2.36. The number of fused-ring (bicyclic) bond motifs is 1. The zero-order chi connectivity index (χ0) is 12.5. The Morgan fingerprint density at radius 2 is 2.22 bits per heavy atom. The molecule has 1 aromatic heterocycles. The van der Waals surface area contributed by atoms with Gasteiger partial charge in [-0.2, -0.15) is 0 Å². The van der Waals surface area contributed by atoms with E-state index < -0.39 is 0 Å². The lowest BCUT2D eigenvalue weighted by Gasteiger charge is -2.20. The average molecular weight is 241 g/mol. The van der Waals surface area contributed by atoms with Crippen LogP contribution in [0.1, 0.15) is 17.5 Å². The monoisotopic (exact) mass is 241 g/mol. The van der Waals surface area contributed by atoms with E-state index in [1.807, 2.05) is 19.1 Å². The average Bonchev–Trinajstić information content (AvgIpc) is 2.41. The van der Waals surface area contributed by atoms with Gasteiger partial charge in [-0.1, -0.05) is 12.1 Å². The van der Waals surface area contributed by atoms with Crippen molar-refractivity contribution in [1.29, 1.82) is 0 Å². The Morgan fingerprint density at radius 1 is 1.33 bits per heavy atom. The Hall–Kier alpha value is -2.10. The number of aryl methyl sites for hydroxylation is 2. The lowest BCUT2D eigenvalue weighted by Crippen LogP contribution is -2.10. The van der Waals surface area contributed by atoms with Gasteiger partial charge in [0.05, 0.1) is 12.3 Å². The number of para-hydroxylation sites is 1. The fourth-order valence-corrected chi connectivity index (χ4v) is 2.30. The molecule has 1 aromatic carbocycles. The number of aromatic nitrogens is 2. The molecule has 2 heterocycles. The third kappa shape index (κ3) is 1.79. The van der Waals surface area contributed by atoms with Gasteiger partial charge >= 0.3 is 0 Å². The summed E-state index contributed by atoms with van der Waals surface area (Å²) in [5.74, 6) is 1.24. The maximum absolute atomic E-state index is 5.80. The van der Waals surface area contributed by atoms with Crippen molar-refractivity contribution in [3.8, 4) is 17.0 Å². The molecule has 0 saturated heterocycles. The normalized spacial score (nSPS) is 13.8. The molecule has 2 aromatic rings. The third-order valence-corrected chi connectivity index (χ3v) is 3.18. The molecule has 0 bridgehead atoms. The Morgan fingerprint density at radius 3 is 3.11 bits per heavy atom. The second-order valence-corrected chi connectivity index (χ2v) is 4.51. The van der Waals surface area contributed by atoms with E-state index in [1.54, 1.807) is 6.20 Å². The second-order valence-electron chi connectivity index (χ2n) is 4.51. The van der Waals surface area contributed by atoms with Crippen LogP contribution in [0.5, 0.6) is 5.75 Å². The number of hydrogen-bond donors (Lipinski definition) is 1. The molecule has 0 saturated carbocycles. The summed E-state index contributed by atoms with van der Waals surface area (Å²) >= 11 is 0. The molecule has 92 valence electrons. The van der Waals surface area contributed by atoms with Crippen molar-refractivity contribution in [2.45, 2.75) is 19.8 Å². The second kappa shape index (κ2) is 4.29. The first-order valence-corrected chi connectivity index (χ1v) is 6.10. The molecule has 1 aliphatic heterocycles. The van der Waals surface area contributed by atoms with Crippen molar-refractivity contribution in [2.75, 3.05) is 12.3 Å². The van der Waals surface area contributed by atoms with Crippen LogP contribution >= 0.6 is 0 Å². The lowest BCUT2D eigenvalue weighted by molar-refractivity contribution is 0.289. The van der Waals surface area contributed by atoms with Crippen molar-refractivity contribution >= 4 is 5.95 Å². The Balaban J connectivity index is 2.19. The summed E-state index contributed by atoms with van der Waals surface area (Å²) in [5.41, 5.74) is 9.80. The number of benzene rings is 1. The zero-order valence-electron chi connectivity index (χ0n) is 10.3. The summed E-state index contributed by atoms with van der Waals surface area (Å²) in [4.78, 5) is 8.34. The van der Waals surface area contributed by atoms with Gasteiger partial charge in [0.25, 0.3) is 0 Å². The van der Waals surface area contributed by atoms with Gasteiger partial charge in [-0.15, -0.1) is 0 Å². The van der Waals surface area contributed by atoms with Gasteiger partial charge in [0.2, 0.25) is 5.95 Å². The van der Waals surface area contributed by atoms with Crippen LogP contribution in [0.15, 0.2) is 24.4 Å². The van der Waals surface area contributed by atoms with Gasteiger partial charge in [-0.25, -0.2) is 9.97 Å². The van der Waals surface area contributed by atoms with Crippen LogP contribution in [-0.2, 0) is 6.42 Å². The smallest absolute Gasteiger partial charge is 0.220 e. The molecule has 18 heavy (non-hydrogen) atoms. The number of hydrogen-bond acceptors (Lipinski definition) is 4. The molecule has 2 N–H and O–H groups in total. The number of rotatable bonds is 1. The summed E-state index contributed by atoms with van der Waals surface area (Å²) in [6.07, 6.45) is 3.88. The minimum atomic E-state index is 0.295. The Bertz CT molecular complexity index is 596. The Labute approximate surface area is 106 Å². The van der Waals surface area contributed by atoms with Gasteiger partial charge < -0.3 is 10.5 Å². The molecule has 0 spiro atoms. The van der Waals surface area contributed by atoms with Crippen molar-refractivity contribution < 1.29 is 4.74 Å². The van der Waals surface area contributed by atoms with E-state index in [4.69, 9.17) is 10.5 Å². The van der Waals surface area contributed by atoms with E-state index in [1.165, 1.54) is 5.56 Å². The maximum Gasteiger partial charge on any atom is 0.220 e. The predicted molar refractivity (Wildman–Crippen MR) is 70.4 cm³/mol. The van der Waals surface area contributed by atoms with Crippen LogP contribution in [0.4, 0.5) is 5.95 Å². The van der Waals surface area contributed by atoms with Crippen LogP contribution in [0.25, 0.3) is 11.3 Å². The van der Waals surface area contributed by atoms with Gasteiger partial charge in [0, 0.05) is 11.8 Å². The summed E-state index contributed by atoms with van der Waals surface area (Å²) in [6.45, 7) is 2.75. The van der Waals surface area contributed by atoms with E-state index in [9.17, 15) is 0 Å². The van der Waals surface area contributed by atoms with E-state index in [2.05, 4.69) is 16.0 Å². The Kier molecular flexibility index (Phi) is 2.63. The van der Waals surface area contributed by atoms with Crippen molar-refractivity contribution in [1.82, 2.24) is 9.97 Å². The molecule has 4 heteroatoms. The third-order valence-electron chi connectivity index (χ3n) is 3.18. The number of nitrogens with zero attached hydrogens (tertiary/aromatic N) is 2. The number of nitrogen functional groups attached to an aromatic ring is 1. The molecule has 0 atom stereocenters. The van der Waals surface area contributed by atoms with Crippen molar-refractivity contribution in [3.05, 3.63) is 35.5 Å². The summed E-state index contributed by atoms with van der Waals surface area (Å²) in [6, 6.07) is 6.18. The minimum Gasteiger partial charge on any atom is -0.493 e. The largest absolute Gasteiger partial charge is 0.493 e. The molecule has 0 unspecified atom stereocenters. The number of nitrogens with two attached hydrogens (primary N) is 1. The van der Waals surface area contributed by atoms with E-state index in [-0.39, 0.29) is 0 Å². The lowest BCUT2D eigenvalue weighted by atomic mass is 9.99. The first kappa shape index (κ1) is 11.0. The van der Waals surface area contributed by atoms with Crippen LogP contribution < -0.4 is 10.5 Å². The highest BCUT2D eigenvalue weighted by Gasteiger charge is 2.17. The molecule has 0 radical (unpaired) electrons. The van der Waals surface area contributed by atoms with Crippen LogP contribution in [0.3, 0.4) is 0 Å². The number of anilines is 1. The molecule has 3 rings (SSSR count). The van der Waals surface area contributed by atoms with Gasteiger partial charge in [0.1, 0.15) is 5.75 Å². The molecular weight excluding hydrogens is 226 g/mol. The highest BCUT2D eigenvalue weighted by molar-refractivity contribution is 5.72. The van der Waals surface area contributed by atoms with E-state index in [0.29, 0.717) is 5.95 Å². The SMILES string of the molecule is Cc1cnc(N)nc1-c1cccc2c1OCCC2. The quantitative estimate of drug-likeness (QED) is 0.832. The first-order valence-electron chi connectivity index (χ1n) is 6.10. The standard InChI is InChI=1S/C14H15N3O/c1-9-8-16-14(15)17-12(9)11-6-2-4-10-5-3-7-18-13(10)11/h2,4,6,8H,3,5,7H2,1H3,(H2,15,16,17). The molecule has 0 fully saturated rings. The van der Waals surface area contributed by atoms with Crippen LogP contribution in [0.2, 0.25) is 0 Å². The zero-order valence-corrected chi connectivity index (χ0v) is 10.3. The molecule has 4 nitrogen and oxygen atoms in total. The first-order chi connectivity index (χ1) is 8.75. The van der Waals surface area contributed by atoms with Gasteiger partial charge in [-0.3, -0.25) is 0 Å². The molecular formula is C14H15N3O.